The van der Waals surface area contributed by atoms with Gasteiger partial charge in [0.25, 0.3) is 0 Å². The van der Waals surface area contributed by atoms with E-state index in [1.165, 1.54) is 5.56 Å². The van der Waals surface area contributed by atoms with Crippen LogP contribution in [0.1, 0.15) is 25.5 Å². The van der Waals surface area contributed by atoms with Gasteiger partial charge in [-0.1, -0.05) is 6.92 Å². The number of nitrogens with zero attached hydrogens (tertiary/aromatic N) is 1. The topological polar surface area (TPSA) is 35.4 Å². The van der Waals surface area contributed by atoms with Crippen LogP contribution in [0.4, 0.5) is 0 Å². The molecule has 1 rings (SSSR count). The lowest BCUT2D eigenvalue weighted by molar-refractivity contribution is 0.0666. The predicted molar refractivity (Wildman–Crippen MR) is 69.2 cm³/mol. The zero-order valence-corrected chi connectivity index (χ0v) is 11.1. The third kappa shape index (κ3) is 5.35. The third-order valence-corrected chi connectivity index (χ3v) is 2.71. The lowest BCUT2D eigenvalue weighted by atomic mass is 10.2. The molecule has 0 spiro atoms. The summed E-state index contributed by atoms with van der Waals surface area (Å²) in [5.74, 6) is 0. The number of nitrogens with one attached hydrogen (secondary N) is 1. The first-order valence-electron chi connectivity index (χ1n) is 6.23. The van der Waals surface area contributed by atoms with Crippen molar-refractivity contribution in [3.05, 3.63) is 24.0 Å². The smallest absolute Gasteiger partial charge is 0.0701 e. The van der Waals surface area contributed by atoms with Crippen LogP contribution < -0.4 is 5.32 Å². The molecule has 0 aliphatic rings. The Morgan fingerprint density at radius 3 is 2.88 bits per heavy atom. The Kier molecular flexibility index (Phi) is 6.93. The fourth-order valence-corrected chi connectivity index (χ4v) is 1.69. The molecule has 1 aromatic heterocycles. The summed E-state index contributed by atoms with van der Waals surface area (Å²) in [7, 11) is 1.68. The average molecular weight is 240 g/mol. The molecule has 98 valence electrons. The van der Waals surface area contributed by atoms with Crippen LogP contribution >= 0.6 is 0 Å². The first-order chi connectivity index (χ1) is 8.27. The lowest BCUT2D eigenvalue weighted by Crippen LogP contribution is -2.17. The Morgan fingerprint density at radius 2 is 2.18 bits per heavy atom. The molecular formula is C13H24N2O2. The van der Waals surface area contributed by atoms with Gasteiger partial charge in [0.15, 0.2) is 0 Å². The summed E-state index contributed by atoms with van der Waals surface area (Å²) in [4.78, 5) is 0. The summed E-state index contributed by atoms with van der Waals surface area (Å²) in [6.45, 7) is 8.24. The van der Waals surface area contributed by atoms with Crippen LogP contribution in [-0.2, 0) is 16.0 Å². The van der Waals surface area contributed by atoms with Crippen LogP contribution in [0.2, 0.25) is 0 Å². The first-order valence-corrected chi connectivity index (χ1v) is 6.23. The van der Waals surface area contributed by atoms with E-state index in [2.05, 4.69) is 42.2 Å². The minimum absolute atomic E-state index is 0.413. The molecule has 1 N–H and O–H groups in total. The first kappa shape index (κ1) is 14.2. The van der Waals surface area contributed by atoms with Crippen LogP contribution in [-0.4, -0.2) is 38.0 Å². The highest BCUT2D eigenvalue weighted by molar-refractivity contribution is 5.14. The Bertz CT molecular complexity index is 299. The van der Waals surface area contributed by atoms with Crippen molar-refractivity contribution in [3.63, 3.8) is 0 Å². The summed E-state index contributed by atoms with van der Waals surface area (Å²) in [6, 6.07) is 2.57. The van der Waals surface area contributed by atoms with Crippen molar-refractivity contribution >= 4 is 0 Å². The fraction of sp³-hybridized carbons (Fsp3) is 0.692. The maximum atomic E-state index is 5.43. The van der Waals surface area contributed by atoms with E-state index >= 15 is 0 Å². The Balaban J connectivity index is 2.25. The van der Waals surface area contributed by atoms with E-state index in [-0.39, 0.29) is 0 Å². The van der Waals surface area contributed by atoms with E-state index in [1.807, 2.05) is 0 Å². The predicted octanol–water partition coefficient (Wildman–Crippen LogP) is 1.82. The standard InChI is InChI=1S/C13H24N2O2/c1-4-14-12(2)13-5-6-15(11-13)7-8-17-10-9-16-3/h5-6,11-12,14H,4,7-10H2,1-3H3. The van der Waals surface area contributed by atoms with E-state index in [0.29, 0.717) is 19.3 Å². The van der Waals surface area contributed by atoms with Gasteiger partial charge in [-0.05, 0) is 25.1 Å². The molecule has 1 aromatic rings. The van der Waals surface area contributed by atoms with Crippen LogP contribution in [0.15, 0.2) is 18.5 Å². The Hall–Kier alpha value is -0.840. The molecule has 1 unspecified atom stereocenters. The Morgan fingerprint density at radius 1 is 1.35 bits per heavy atom. The fourth-order valence-electron chi connectivity index (χ4n) is 1.69. The Labute approximate surface area is 104 Å². The molecule has 0 aromatic carbocycles. The molecule has 0 saturated carbocycles. The summed E-state index contributed by atoms with van der Waals surface area (Å²) < 4.78 is 12.5. The molecule has 0 aliphatic heterocycles. The molecular weight excluding hydrogens is 216 g/mol. The summed E-state index contributed by atoms with van der Waals surface area (Å²) in [5, 5.41) is 3.40. The van der Waals surface area contributed by atoms with Gasteiger partial charge in [-0.25, -0.2) is 0 Å². The number of ether oxygens (including phenoxy) is 2. The van der Waals surface area contributed by atoms with E-state index in [9.17, 15) is 0 Å². The highest BCUT2D eigenvalue weighted by Crippen LogP contribution is 2.12. The molecule has 4 heteroatoms. The zero-order chi connectivity index (χ0) is 12.5. The molecule has 0 fully saturated rings. The summed E-state index contributed by atoms with van der Waals surface area (Å²) in [6.07, 6.45) is 4.27. The van der Waals surface area contributed by atoms with Crippen molar-refractivity contribution in [3.8, 4) is 0 Å². The molecule has 0 bridgehead atoms. The van der Waals surface area contributed by atoms with E-state index in [1.54, 1.807) is 7.11 Å². The summed E-state index contributed by atoms with van der Waals surface area (Å²) >= 11 is 0. The molecule has 0 amide bonds. The average Bonchev–Trinajstić information content (AvgIpc) is 2.78. The largest absolute Gasteiger partial charge is 0.382 e. The molecule has 4 nitrogen and oxygen atoms in total. The van der Waals surface area contributed by atoms with Crippen LogP contribution in [0.3, 0.4) is 0 Å². The summed E-state index contributed by atoms with van der Waals surface area (Å²) in [5.41, 5.74) is 1.32. The van der Waals surface area contributed by atoms with E-state index in [4.69, 9.17) is 9.47 Å². The van der Waals surface area contributed by atoms with Gasteiger partial charge in [0, 0.05) is 32.1 Å². The van der Waals surface area contributed by atoms with Gasteiger partial charge in [0.1, 0.15) is 0 Å². The number of methoxy groups -OCH3 is 1. The van der Waals surface area contributed by atoms with Crippen LogP contribution in [0, 0.1) is 0 Å². The van der Waals surface area contributed by atoms with Crippen molar-refractivity contribution < 1.29 is 9.47 Å². The highest BCUT2D eigenvalue weighted by Gasteiger charge is 2.04. The number of rotatable bonds is 9. The van der Waals surface area contributed by atoms with Crippen molar-refractivity contribution in [2.45, 2.75) is 26.4 Å². The van der Waals surface area contributed by atoms with Crippen molar-refractivity contribution in [2.24, 2.45) is 0 Å². The van der Waals surface area contributed by atoms with Crippen LogP contribution in [0.5, 0.6) is 0 Å². The van der Waals surface area contributed by atoms with Gasteiger partial charge in [-0.3, -0.25) is 0 Å². The molecule has 1 heterocycles. The third-order valence-electron chi connectivity index (χ3n) is 2.71. The van der Waals surface area contributed by atoms with Gasteiger partial charge in [-0.2, -0.15) is 0 Å². The number of hydrogen-bond donors (Lipinski definition) is 1. The number of hydrogen-bond acceptors (Lipinski definition) is 3. The normalized spacial score (nSPS) is 12.9. The second-order valence-electron chi connectivity index (χ2n) is 4.07. The van der Waals surface area contributed by atoms with Crippen molar-refractivity contribution in [2.75, 3.05) is 33.5 Å². The molecule has 0 aliphatic carbocycles. The van der Waals surface area contributed by atoms with Gasteiger partial charge in [-0.15, -0.1) is 0 Å². The SMILES string of the molecule is CCNC(C)c1ccn(CCOCCOC)c1. The van der Waals surface area contributed by atoms with Crippen LogP contribution in [0.25, 0.3) is 0 Å². The van der Waals surface area contributed by atoms with Gasteiger partial charge < -0.3 is 19.4 Å². The second kappa shape index (κ2) is 8.28. The van der Waals surface area contributed by atoms with Gasteiger partial charge in [0.2, 0.25) is 0 Å². The van der Waals surface area contributed by atoms with Gasteiger partial charge in [0.05, 0.1) is 19.8 Å². The van der Waals surface area contributed by atoms with Crippen molar-refractivity contribution in [1.29, 1.82) is 0 Å². The minimum atomic E-state index is 0.413. The molecule has 0 radical (unpaired) electrons. The van der Waals surface area contributed by atoms with Gasteiger partial charge >= 0.3 is 0 Å². The van der Waals surface area contributed by atoms with Crippen molar-refractivity contribution in [1.82, 2.24) is 9.88 Å². The minimum Gasteiger partial charge on any atom is -0.382 e. The second-order valence-corrected chi connectivity index (χ2v) is 4.07. The maximum Gasteiger partial charge on any atom is 0.0701 e. The highest BCUT2D eigenvalue weighted by atomic mass is 16.5. The quantitative estimate of drug-likeness (QED) is 0.669. The molecule has 17 heavy (non-hydrogen) atoms. The van der Waals surface area contributed by atoms with E-state index < -0.39 is 0 Å². The zero-order valence-electron chi connectivity index (χ0n) is 11.1. The monoisotopic (exact) mass is 240 g/mol. The lowest BCUT2D eigenvalue weighted by Gasteiger charge is -2.10. The number of aromatic nitrogens is 1. The maximum absolute atomic E-state index is 5.43. The van der Waals surface area contributed by atoms with E-state index in [0.717, 1.165) is 19.7 Å². The molecule has 1 atom stereocenters. The molecule has 0 saturated heterocycles.